The molecular weight excluding hydrogens is 288 g/mol. The molecule has 21 heavy (non-hydrogen) atoms. The van der Waals surface area contributed by atoms with Crippen LogP contribution in [0.3, 0.4) is 0 Å². The predicted octanol–water partition coefficient (Wildman–Crippen LogP) is 1.82. The standard InChI is InChI=1S/C14H24N4O2S/c1-4-5-10(2)17(3)13(19)11-12(15)16-14(21-11)18-6-8-20-9-7-18/h10H,4-9,15H2,1-3H3. The third kappa shape index (κ3) is 3.65. The summed E-state index contributed by atoms with van der Waals surface area (Å²) < 4.78 is 5.33. The number of carbonyl (C=O) groups excluding carboxylic acids is 1. The van der Waals surface area contributed by atoms with Gasteiger partial charge in [-0.1, -0.05) is 24.7 Å². The summed E-state index contributed by atoms with van der Waals surface area (Å²) >= 11 is 1.38. The first-order chi connectivity index (χ1) is 10.0. The van der Waals surface area contributed by atoms with Crippen molar-refractivity contribution in [3.8, 4) is 0 Å². The van der Waals surface area contributed by atoms with E-state index in [0.29, 0.717) is 23.9 Å². The molecule has 0 aliphatic carbocycles. The SMILES string of the molecule is CCCC(C)N(C)C(=O)c1sc(N2CCOCC2)nc1N. The van der Waals surface area contributed by atoms with Gasteiger partial charge in [0, 0.05) is 26.2 Å². The normalized spacial score (nSPS) is 16.8. The number of morpholine rings is 1. The molecule has 0 aromatic carbocycles. The Hall–Kier alpha value is -1.34. The van der Waals surface area contributed by atoms with Gasteiger partial charge in [0.05, 0.1) is 13.2 Å². The maximum atomic E-state index is 12.6. The van der Waals surface area contributed by atoms with Crippen LogP contribution >= 0.6 is 11.3 Å². The van der Waals surface area contributed by atoms with E-state index in [4.69, 9.17) is 10.5 Å². The van der Waals surface area contributed by atoms with Crippen molar-refractivity contribution in [1.82, 2.24) is 9.88 Å². The van der Waals surface area contributed by atoms with Crippen LogP contribution < -0.4 is 10.6 Å². The van der Waals surface area contributed by atoms with E-state index in [1.54, 1.807) is 4.90 Å². The van der Waals surface area contributed by atoms with Crippen LogP contribution in [0, 0.1) is 0 Å². The van der Waals surface area contributed by atoms with Crippen molar-refractivity contribution in [1.29, 1.82) is 0 Å². The number of rotatable bonds is 5. The predicted molar refractivity (Wildman–Crippen MR) is 86.0 cm³/mol. The van der Waals surface area contributed by atoms with Crippen molar-refractivity contribution >= 4 is 28.2 Å². The molecule has 1 aromatic heterocycles. The molecular formula is C14H24N4O2S. The highest BCUT2D eigenvalue weighted by molar-refractivity contribution is 7.18. The molecule has 118 valence electrons. The Labute approximate surface area is 129 Å². The Morgan fingerprint density at radius 2 is 2.19 bits per heavy atom. The lowest BCUT2D eigenvalue weighted by Gasteiger charge is -2.26. The van der Waals surface area contributed by atoms with Gasteiger partial charge in [-0.2, -0.15) is 0 Å². The van der Waals surface area contributed by atoms with Crippen molar-refractivity contribution in [2.24, 2.45) is 0 Å². The minimum Gasteiger partial charge on any atom is -0.382 e. The van der Waals surface area contributed by atoms with Gasteiger partial charge in [-0.3, -0.25) is 4.79 Å². The summed E-state index contributed by atoms with van der Waals surface area (Å²) in [4.78, 5) is 21.3. The molecule has 1 fully saturated rings. The molecule has 0 bridgehead atoms. The largest absolute Gasteiger partial charge is 0.382 e. The van der Waals surface area contributed by atoms with E-state index in [0.717, 1.165) is 31.1 Å². The fraction of sp³-hybridized carbons (Fsp3) is 0.714. The fourth-order valence-corrected chi connectivity index (χ4v) is 3.35. The van der Waals surface area contributed by atoms with Crippen LogP contribution in [0.4, 0.5) is 10.9 Å². The molecule has 6 nitrogen and oxygen atoms in total. The highest BCUT2D eigenvalue weighted by Crippen LogP contribution is 2.30. The van der Waals surface area contributed by atoms with Gasteiger partial charge >= 0.3 is 0 Å². The zero-order valence-corrected chi connectivity index (χ0v) is 13.8. The lowest BCUT2D eigenvalue weighted by atomic mass is 10.1. The lowest BCUT2D eigenvalue weighted by molar-refractivity contribution is 0.0742. The van der Waals surface area contributed by atoms with Crippen LogP contribution in [-0.2, 0) is 4.74 Å². The number of thiazole rings is 1. The minimum absolute atomic E-state index is 0.0366. The maximum absolute atomic E-state index is 12.6. The molecule has 1 atom stereocenters. The van der Waals surface area contributed by atoms with Gasteiger partial charge in [0.15, 0.2) is 5.13 Å². The summed E-state index contributed by atoms with van der Waals surface area (Å²) in [6.07, 6.45) is 2.03. The molecule has 0 radical (unpaired) electrons. The Kier molecular flexibility index (Phi) is 5.41. The molecule has 0 saturated carbocycles. The fourth-order valence-electron chi connectivity index (χ4n) is 2.34. The quantitative estimate of drug-likeness (QED) is 0.898. The first-order valence-electron chi connectivity index (χ1n) is 7.40. The number of nitrogen functional groups attached to an aromatic ring is 1. The summed E-state index contributed by atoms with van der Waals surface area (Å²) in [6, 6.07) is 0.204. The first-order valence-corrected chi connectivity index (χ1v) is 8.22. The number of nitrogens with zero attached hydrogens (tertiary/aromatic N) is 3. The van der Waals surface area contributed by atoms with E-state index in [1.165, 1.54) is 11.3 Å². The number of amides is 1. The summed E-state index contributed by atoms with van der Waals surface area (Å²) in [5.41, 5.74) is 5.95. The highest BCUT2D eigenvalue weighted by atomic mass is 32.1. The number of hydrogen-bond acceptors (Lipinski definition) is 6. The third-order valence-corrected chi connectivity index (χ3v) is 4.93. The van der Waals surface area contributed by atoms with E-state index in [-0.39, 0.29) is 11.9 Å². The van der Waals surface area contributed by atoms with Crippen LogP contribution in [0.15, 0.2) is 0 Å². The van der Waals surface area contributed by atoms with E-state index in [9.17, 15) is 4.79 Å². The molecule has 1 amide bonds. The Morgan fingerprint density at radius 3 is 2.81 bits per heavy atom. The maximum Gasteiger partial charge on any atom is 0.267 e. The smallest absolute Gasteiger partial charge is 0.267 e. The molecule has 1 saturated heterocycles. The third-order valence-electron chi connectivity index (χ3n) is 3.81. The summed E-state index contributed by atoms with van der Waals surface area (Å²) in [6.45, 7) is 7.14. The number of carbonyl (C=O) groups is 1. The monoisotopic (exact) mass is 312 g/mol. The van der Waals surface area contributed by atoms with Crippen LogP contribution in [0.25, 0.3) is 0 Å². The molecule has 2 N–H and O–H groups in total. The molecule has 2 heterocycles. The number of anilines is 2. The van der Waals surface area contributed by atoms with Crippen molar-refractivity contribution < 1.29 is 9.53 Å². The van der Waals surface area contributed by atoms with Gasteiger partial charge in [-0.05, 0) is 13.3 Å². The van der Waals surface area contributed by atoms with Crippen LogP contribution in [0.5, 0.6) is 0 Å². The van der Waals surface area contributed by atoms with Crippen LogP contribution in [-0.4, -0.2) is 55.2 Å². The average molecular weight is 312 g/mol. The molecule has 0 spiro atoms. The minimum atomic E-state index is -0.0366. The van der Waals surface area contributed by atoms with Gasteiger partial charge in [-0.15, -0.1) is 0 Å². The van der Waals surface area contributed by atoms with Crippen molar-refractivity contribution in [2.75, 3.05) is 44.0 Å². The zero-order valence-electron chi connectivity index (χ0n) is 13.0. The first kappa shape index (κ1) is 16.0. The van der Waals surface area contributed by atoms with Crippen molar-refractivity contribution in [3.63, 3.8) is 0 Å². The molecule has 1 unspecified atom stereocenters. The Bertz CT molecular complexity index is 485. The second-order valence-corrected chi connectivity index (χ2v) is 6.34. The highest BCUT2D eigenvalue weighted by Gasteiger charge is 2.25. The van der Waals surface area contributed by atoms with E-state index in [1.807, 2.05) is 7.05 Å². The second-order valence-electron chi connectivity index (χ2n) is 5.36. The second kappa shape index (κ2) is 7.09. The summed E-state index contributed by atoms with van der Waals surface area (Å²) in [5, 5.41) is 0.815. The zero-order chi connectivity index (χ0) is 15.4. The van der Waals surface area contributed by atoms with Crippen LogP contribution in [0.1, 0.15) is 36.4 Å². The molecule has 7 heteroatoms. The molecule has 2 rings (SSSR count). The van der Waals surface area contributed by atoms with Crippen molar-refractivity contribution in [2.45, 2.75) is 32.7 Å². The Balaban J connectivity index is 2.12. The molecule has 1 aliphatic heterocycles. The lowest BCUT2D eigenvalue weighted by Crippen LogP contribution is -2.36. The van der Waals surface area contributed by atoms with E-state index in [2.05, 4.69) is 23.7 Å². The Morgan fingerprint density at radius 1 is 1.52 bits per heavy atom. The van der Waals surface area contributed by atoms with Crippen LogP contribution in [0.2, 0.25) is 0 Å². The van der Waals surface area contributed by atoms with Gasteiger partial charge in [0.1, 0.15) is 10.7 Å². The number of aromatic nitrogens is 1. The van der Waals surface area contributed by atoms with Gasteiger partial charge in [0.2, 0.25) is 0 Å². The van der Waals surface area contributed by atoms with Gasteiger partial charge in [-0.25, -0.2) is 4.98 Å². The van der Waals surface area contributed by atoms with E-state index < -0.39 is 0 Å². The number of ether oxygens (including phenoxy) is 1. The van der Waals surface area contributed by atoms with Gasteiger partial charge < -0.3 is 20.3 Å². The molecule has 1 aliphatic rings. The molecule has 1 aromatic rings. The average Bonchev–Trinajstić information content (AvgIpc) is 2.89. The number of nitrogens with two attached hydrogens (primary N) is 1. The number of hydrogen-bond donors (Lipinski definition) is 1. The van der Waals surface area contributed by atoms with Gasteiger partial charge in [0.25, 0.3) is 5.91 Å². The van der Waals surface area contributed by atoms with E-state index >= 15 is 0 Å². The summed E-state index contributed by atoms with van der Waals surface area (Å²) in [7, 11) is 1.83. The topological polar surface area (TPSA) is 71.7 Å². The summed E-state index contributed by atoms with van der Waals surface area (Å²) in [5.74, 6) is 0.299. The van der Waals surface area contributed by atoms with Crippen molar-refractivity contribution in [3.05, 3.63) is 4.88 Å².